The van der Waals surface area contributed by atoms with E-state index in [4.69, 9.17) is 11.6 Å². The summed E-state index contributed by atoms with van der Waals surface area (Å²) in [5, 5.41) is 7.00. The topological polar surface area (TPSA) is 41.1 Å². The van der Waals surface area contributed by atoms with Crippen molar-refractivity contribution in [3.63, 3.8) is 0 Å². The van der Waals surface area contributed by atoms with Crippen molar-refractivity contribution >= 4 is 23.2 Å². The van der Waals surface area contributed by atoms with Crippen LogP contribution in [0.4, 0.5) is 5.69 Å². The summed E-state index contributed by atoms with van der Waals surface area (Å²) in [5.74, 6) is 0.729. The van der Waals surface area contributed by atoms with Gasteiger partial charge in [-0.1, -0.05) is 37.8 Å². The lowest BCUT2D eigenvalue weighted by atomic mass is 9.84. The second-order valence-electron chi connectivity index (χ2n) is 5.83. The molecule has 0 aliphatic heterocycles. The minimum atomic E-state index is -0.0183. The first-order valence-electron chi connectivity index (χ1n) is 7.98. The van der Waals surface area contributed by atoms with E-state index in [-0.39, 0.29) is 5.91 Å². The average Bonchev–Trinajstić information content (AvgIpc) is 2.49. The van der Waals surface area contributed by atoms with Gasteiger partial charge in [0.1, 0.15) is 0 Å². The van der Waals surface area contributed by atoms with Gasteiger partial charge in [-0.05, 0) is 43.9 Å². The van der Waals surface area contributed by atoms with Gasteiger partial charge >= 0.3 is 0 Å². The van der Waals surface area contributed by atoms with Gasteiger partial charge < -0.3 is 10.6 Å². The molecule has 1 aliphatic rings. The van der Waals surface area contributed by atoms with Crippen LogP contribution in [0.2, 0.25) is 5.02 Å². The molecule has 2 unspecified atom stereocenters. The van der Waals surface area contributed by atoms with Crippen LogP contribution in [-0.4, -0.2) is 18.5 Å². The van der Waals surface area contributed by atoms with Gasteiger partial charge in [0, 0.05) is 23.3 Å². The van der Waals surface area contributed by atoms with Crippen LogP contribution in [0, 0.1) is 5.92 Å². The van der Waals surface area contributed by atoms with Crippen molar-refractivity contribution in [1.29, 1.82) is 0 Å². The van der Waals surface area contributed by atoms with Crippen LogP contribution < -0.4 is 10.6 Å². The van der Waals surface area contributed by atoms with Crippen molar-refractivity contribution in [2.24, 2.45) is 5.92 Å². The Bertz CT molecular complexity index is 490. The van der Waals surface area contributed by atoms with E-state index < -0.39 is 0 Å². The Morgan fingerprint density at radius 2 is 2.14 bits per heavy atom. The molecule has 3 nitrogen and oxygen atoms in total. The highest BCUT2D eigenvalue weighted by Gasteiger charge is 2.23. The molecule has 1 aliphatic carbocycles. The summed E-state index contributed by atoms with van der Waals surface area (Å²) in [5.41, 5.74) is 1.49. The predicted molar refractivity (Wildman–Crippen MR) is 89.1 cm³/mol. The van der Waals surface area contributed by atoms with Gasteiger partial charge in [-0.2, -0.15) is 0 Å². The molecule has 4 heteroatoms. The summed E-state index contributed by atoms with van der Waals surface area (Å²) in [7, 11) is 0. The number of carbonyl (C=O) groups is 1. The van der Waals surface area contributed by atoms with Crippen molar-refractivity contribution in [2.75, 3.05) is 11.9 Å². The molecule has 0 bridgehead atoms. The number of rotatable bonds is 5. The molecule has 1 saturated carbocycles. The van der Waals surface area contributed by atoms with Crippen molar-refractivity contribution in [3.05, 3.63) is 28.8 Å². The Labute approximate surface area is 132 Å². The average molecular weight is 309 g/mol. The van der Waals surface area contributed by atoms with Gasteiger partial charge in [-0.25, -0.2) is 0 Å². The highest BCUT2D eigenvalue weighted by Crippen LogP contribution is 2.27. The van der Waals surface area contributed by atoms with Gasteiger partial charge in [0.2, 0.25) is 0 Å². The summed E-state index contributed by atoms with van der Waals surface area (Å²) in [6, 6.07) is 5.72. The molecule has 2 atom stereocenters. The number of halogens is 1. The molecule has 0 radical (unpaired) electrons. The maximum Gasteiger partial charge on any atom is 0.253 e. The molecule has 116 valence electrons. The maximum absolute atomic E-state index is 12.5. The Balaban J connectivity index is 2.07. The number of amides is 1. The quantitative estimate of drug-likeness (QED) is 0.842. The van der Waals surface area contributed by atoms with Gasteiger partial charge in [0.05, 0.1) is 5.56 Å². The number of anilines is 1. The van der Waals surface area contributed by atoms with Gasteiger partial charge in [-0.15, -0.1) is 0 Å². The highest BCUT2D eigenvalue weighted by molar-refractivity contribution is 6.31. The van der Waals surface area contributed by atoms with Crippen LogP contribution in [-0.2, 0) is 0 Å². The molecule has 1 amide bonds. The highest BCUT2D eigenvalue weighted by atomic mass is 35.5. The second-order valence-corrected chi connectivity index (χ2v) is 6.27. The number of hydrogen-bond donors (Lipinski definition) is 2. The van der Waals surface area contributed by atoms with E-state index in [1.807, 2.05) is 19.1 Å². The summed E-state index contributed by atoms with van der Waals surface area (Å²) >= 11 is 6.04. The Morgan fingerprint density at radius 1 is 1.33 bits per heavy atom. The SMILES string of the molecule is CCNc1ccc(Cl)cc1C(=O)NC1CCCC(CC)C1. The van der Waals surface area contributed by atoms with E-state index in [0.717, 1.165) is 31.0 Å². The Kier molecular flexibility index (Phi) is 5.92. The first-order chi connectivity index (χ1) is 10.1. The predicted octanol–water partition coefficient (Wildman–Crippen LogP) is 4.47. The molecule has 0 aromatic heterocycles. The van der Waals surface area contributed by atoms with Crippen LogP contribution in [0.5, 0.6) is 0 Å². The summed E-state index contributed by atoms with van der Waals surface area (Å²) < 4.78 is 0. The summed E-state index contributed by atoms with van der Waals surface area (Å²) in [6.07, 6.45) is 5.88. The van der Waals surface area contributed by atoms with E-state index in [1.165, 1.54) is 19.3 Å². The van der Waals surface area contributed by atoms with E-state index in [9.17, 15) is 4.79 Å². The molecule has 21 heavy (non-hydrogen) atoms. The fraction of sp³-hybridized carbons (Fsp3) is 0.588. The standard InChI is InChI=1S/C17H25ClN2O/c1-3-12-6-5-7-14(10-12)20-17(21)15-11-13(18)8-9-16(15)19-4-2/h8-9,11-12,14,19H,3-7,10H2,1-2H3,(H,20,21). The summed E-state index contributed by atoms with van der Waals surface area (Å²) in [4.78, 5) is 12.5. The largest absolute Gasteiger partial charge is 0.385 e. The van der Waals surface area contributed by atoms with Crippen LogP contribution in [0.25, 0.3) is 0 Å². The van der Waals surface area contributed by atoms with Crippen LogP contribution in [0.3, 0.4) is 0 Å². The Hall–Kier alpha value is -1.22. The second kappa shape index (κ2) is 7.69. The molecule has 2 rings (SSSR count). The third-order valence-electron chi connectivity index (χ3n) is 4.29. The molecule has 0 spiro atoms. The van der Waals surface area contributed by atoms with E-state index in [2.05, 4.69) is 17.6 Å². The molecule has 0 heterocycles. The van der Waals surface area contributed by atoms with Crippen molar-refractivity contribution < 1.29 is 4.79 Å². The fourth-order valence-corrected chi connectivity index (χ4v) is 3.28. The number of hydrogen-bond acceptors (Lipinski definition) is 2. The normalized spacial score (nSPS) is 21.9. The molecule has 1 aromatic carbocycles. The fourth-order valence-electron chi connectivity index (χ4n) is 3.10. The monoisotopic (exact) mass is 308 g/mol. The Morgan fingerprint density at radius 3 is 2.86 bits per heavy atom. The number of benzene rings is 1. The zero-order valence-corrected chi connectivity index (χ0v) is 13.7. The lowest BCUT2D eigenvalue weighted by Gasteiger charge is -2.29. The minimum absolute atomic E-state index is 0.0183. The smallest absolute Gasteiger partial charge is 0.253 e. The maximum atomic E-state index is 12.5. The molecular formula is C17H25ClN2O. The summed E-state index contributed by atoms with van der Waals surface area (Å²) in [6.45, 7) is 5.03. The molecule has 0 saturated heterocycles. The lowest BCUT2D eigenvalue weighted by molar-refractivity contribution is 0.0920. The third-order valence-corrected chi connectivity index (χ3v) is 4.52. The molecule has 2 N–H and O–H groups in total. The van der Waals surface area contributed by atoms with E-state index in [1.54, 1.807) is 6.07 Å². The van der Waals surface area contributed by atoms with Gasteiger partial charge in [-0.3, -0.25) is 4.79 Å². The van der Waals surface area contributed by atoms with Crippen LogP contribution in [0.1, 0.15) is 56.3 Å². The van der Waals surface area contributed by atoms with Gasteiger partial charge in [0.25, 0.3) is 5.91 Å². The van der Waals surface area contributed by atoms with Gasteiger partial charge in [0.15, 0.2) is 0 Å². The first kappa shape index (κ1) is 16.2. The first-order valence-corrected chi connectivity index (χ1v) is 8.36. The minimum Gasteiger partial charge on any atom is -0.385 e. The van der Waals surface area contributed by atoms with E-state index >= 15 is 0 Å². The van der Waals surface area contributed by atoms with Crippen LogP contribution >= 0.6 is 11.6 Å². The molecule has 1 aromatic rings. The molecule has 1 fully saturated rings. The lowest BCUT2D eigenvalue weighted by Crippen LogP contribution is -2.38. The van der Waals surface area contributed by atoms with E-state index in [0.29, 0.717) is 16.6 Å². The molecular weight excluding hydrogens is 284 g/mol. The number of nitrogens with one attached hydrogen (secondary N) is 2. The van der Waals surface area contributed by atoms with Crippen LogP contribution in [0.15, 0.2) is 18.2 Å². The zero-order valence-electron chi connectivity index (χ0n) is 12.9. The zero-order chi connectivity index (χ0) is 15.2. The third kappa shape index (κ3) is 4.37. The van der Waals surface area contributed by atoms with Crippen molar-refractivity contribution in [3.8, 4) is 0 Å². The van der Waals surface area contributed by atoms with Crippen molar-refractivity contribution in [1.82, 2.24) is 5.32 Å². The number of carbonyl (C=O) groups excluding carboxylic acids is 1. The van der Waals surface area contributed by atoms with Crippen molar-refractivity contribution in [2.45, 2.75) is 52.0 Å².